The van der Waals surface area contributed by atoms with Crippen LogP contribution in [0.25, 0.3) is 17.4 Å². The van der Waals surface area contributed by atoms with Crippen molar-refractivity contribution in [1.29, 1.82) is 0 Å². The van der Waals surface area contributed by atoms with E-state index in [1.54, 1.807) is 11.9 Å². The van der Waals surface area contributed by atoms with E-state index in [4.69, 9.17) is 38.4 Å². The Morgan fingerprint density at radius 2 is 1.62 bits per heavy atom. The van der Waals surface area contributed by atoms with Crippen molar-refractivity contribution in [2.45, 2.75) is 188 Å². The van der Waals surface area contributed by atoms with Gasteiger partial charge in [-0.2, -0.15) is 4.98 Å². The van der Waals surface area contributed by atoms with E-state index in [0.717, 1.165) is 120 Å². The molecule has 7 atom stereocenters. The van der Waals surface area contributed by atoms with Crippen LogP contribution in [0.3, 0.4) is 0 Å². The van der Waals surface area contributed by atoms with E-state index in [1.807, 2.05) is 50.7 Å². The number of aromatic nitrogens is 2. The number of hydrazine groups is 1. The van der Waals surface area contributed by atoms with Crippen LogP contribution in [0.15, 0.2) is 114 Å². The summed E-state index contributed by atoms with van der Waals surface area (Å²) in [4.78, 5) is 42.3. The van der Waals surface area contributed by atoms with Gasteiger partial charge in [-0.1, -0.05) is 163 Å². The number of nitrogens with two attached hydrogens (primary N) is 3. The summed E-state index contributed by atoms with van der Waals surface area (Å²) in [6, 6.07) is 15.5. The molecule has 4 bridgehead atoms. The number of ketones is 2. The third-order valence-corrected chi connectivity index (χ3v) is 20.0. The van der Waals surface area contributed by atoms with Crippen LogP contribution < -0.4 is 47.6 Å². The maximum atomic E-state index is 15.3. The first-order chi connectivity index (χ1) is 44.6. The van der Waals surface area contributed by atoms with E-state index in [1.165, 1.54) is 24.8 Å². The number of hydrogen-bond donors (Lipinski definition) is 4. The van der Waals surface area contributed by atoms with Gasteiger partial charge >= 0.3 is 0 Å². The molecule has 10 rings (SSSR count). The summed E-state index contributed by atoms with van der Waals surface area (Å²) >= 11 is 0. The van der Waals surface area contributed by atoms with Crippen LogP contribution >= 0.6 is 0 Å². The zero-order valence-electron chi connectivity index (χ0n) is 59.4. The van der Waals surface area contributed by atoms with E-state index in [0.29, 0.717) is 126 Å². The molecule has 0 radical (unpaired) electrons. The Balaban J connectivity index is 0.00000129. The molecule has 0 amide bonds. The Kier molecular flexibility index (Phi) is 26.4. The van der Waals surface area contributed by atoms with Crippen LogP contribution in [-0.2, 0) is 30.7 Å². The van der Waals surface area contributed by atoms with E-state index in [2.05, 4.69) is 163 Å². The highest BCUT2D eigenvalue weighted by molar-refractivity contribution is 6.16. The minimum Gasteiger partial charge on any atom is -0.464 e. The summed E-state index contributed by atoms with van der Waals surface area (Å²) < 4.78 is 15.0. The van der Waals surface area contributed by atoms with Gasteiger partial charge in [0.25, 0.3) is 6.01 Å². The zero-order valence-corrected chi connectivity index (χ0v) is 59.4. The van der Waals surface area contributed by atoms with Crippen molar-refractivity contribution in [3.05, 3.63) is 153 Å². The number of imidazole rings is 1. The molecule has 14 nitrogen and oxygen atoms in total. The van der Waals surface area contributed by atoms with Gasteiger partial charge in [0.2, 0.25) is 0 Å². The lowest BCUT2D eigenvalue weighted by Gasteiger charge is -2.36. The molecule has 7 N–H and O–H groups in total. The average Bonchev–Trinajstić information content (AvgIpc) is 1.69. The second-order valence-corrected chi connectivity index (χ2v) is 27.1. The molecule has 1 fully saturated rings. The van der Waals surface area contributed by atoms with Crippen LogP contribution in [0, 0.1) is 54.8 Å². The lowest BCUT2D eigenvalue weighted by molar-refractivity contribution is -0.118. The number of nitrogens with zero attached hydrogens (tertiary/aromatic N) is 6. The zero-order chi connectivity index (χ0) is 67.8. The fourth-order valence-corrected chi connectivity index (χ4v) is 14.1. The molecule has 4 unspecified atom stereocenters. The summed E-state index contributed by atoms with van der Waals surface area (Å²) in [5, 5.41) is 8.44. The molecule has 93 heavy (non-hydrogen) atoms. The average molecular weight is 1270 g/mol. The van der Waals surface area contributed by atoms with Gasteiger partial charge in [0.05, 0.1) is 25.0 Å². The molecule has 4 aromatic carbocycles. The molecule has 5 heterocycles. The molecule has 14 heteroatoms. The van der Waals surface area contributed by atoms with Crippen LogP contribution in [0.1, 0.15) is 186 Å². The molecule has 1 aliphatic carbocycles. The van der Waals surface area contributed by atoms with Crippen molar-refractivity contribution in [3.63, 3.8) is 0 Å². The quantitative estimate of drug-likeness (QED) is 0.0489. The number of piperazine rings is 1. The number of hydrogen-bond acceptors (Lipinski definition) is 13. The Morgan fingerprint density at radius 3 is 2.30 bits per heavy atom. The van der Waals surface area contributed by atoms with Gasteiger partial charge in [-0.15, -0.1) is 0 Å². The van der Waals surface area contributed by atoms with Crippen molar-refractivity contribution in [2.75, 3.05) is 55.3 Å². The number of carbonyl (C=O) groups is 2. The lowest BCUT2D eigenvalue weighted by atomic mass is 9.72. The van der Waals surface area contributed by atoms with Crippen molar-refractivity contribution in [2.24, 2.45) is 57.5 Å². The number of unbranched alkanes of at least 4 members (excludes halogenated alkanes) is 2. The number of nitrogen functional groups attached to an aromatic ring is 1. The van der Waals surface area contributed by atoms with E-state index < -0.39 is 5.41 Å². The number of allylic oxidation sites excluding steroid dienone is 6. The molecule has 504 valence electrons. The number of anilines is 3. The van der Waals surface area contributed by atoms with Crippen molar-refractivity contribution in [3.8, 4) is 17.5 Å². The first-order valence-electron chi connectivity index (χ1n) is 35.1. The first-order valence-corrected chi connectivity index (χ1v) is 35.1. The van der Waals surface area contributed by atoms with Gasteiger partial charge in [-0.3, -0.25) is 14.3 Å². The summed E-state index contributed by atoms with van der Waals surface area (Å²) in [7, 11) is 0. The number of rotatable bonds is 13. The van der Waals surface area contributed by atoms with Crippen molar-refractivity contribution >= 4 is 51.8 Å². The largest absolute Gasteiger partial charge is 0.464 e. The normalized spacial score (nSPS) is 23.7. The monoisotopic (exact) mass is 1270 g/mol. The number of benzene rings is 4. The number of nitrogens with one attached hydrogen (secondary N) is 1. The predicted octanol–water partition coefficient (Wildman–Crippen LogP) is 16.3. The van der Waals surface area contributed by atoms with Gasteiger partial charge in [-0.05, 0) is 153 Å². The maximum Gasteiger partial charge on any atom is 0.298 e. The first kappa shape index (κ1) is 73.0. The van der Waals surface area contributed by atoms with Gasteiger partial charge in [0.15, 0.2) is 17.3 Å². The third-order valence-electron chi connectivity index (χ3n) is 20.0. The second-order valence-electron chi connectivity index (χ2n) is 27.1. The van der Waals surface area contributed by atoms with Crippen LogP contribution in [0.5, 0.6) is 17.5 Å². The highest BCUT2D eigenvalue weighted by atomic mass is 16.5. The highest BCUT2D eigenvalue weighted by Gasteiger charge is 2.44. The molecular weight excluding hydrogens is 1150 g/mol. The molecule has 5 aromatic rings. The van der Waals surface area contributed by atoms with E-state index >= 15 is 4.79 Å². The molecule has 5 aliphatic rings. The fraction of sp³-hybridized carbons (Fsp3) is 0.519. The predicted molar refractivity (Wildman–Crippen MR) is 390 cm³/mol. The molecule has 4 aliphatic heterocycles. The number of aryl methyl sites for hydroxylation is 2. The number of carbonyl (C=O) groups excluding carboxylic acids is 2. The summed E-state index contributed by atoms with van der Waals surface area (Å²) in [5.74, 6) is 10.9. The molecule has 1 saturated heterocycles. The van der Waals surface area contributed by atoms with Gasteiger partial charge in [0.1, 0.15) is 22.6 Å². The standard InChI is InChI=1S/C70H90N10O4.C5H12.2C2H6/c1-42-16-15-17-43(2)51(10)74-65-50(9)62-49(8)48(7)58-35-70(11,27-14-12-13-18-55(33-45(4)81)47(6)46(5)44(3)32-42)68(82)63(58)64(62)66-67(65)84-60-34-57(25-26-59(60)75-66)78-30-28-77(29-31-78)38-56(71)39-80(73)37-53-22-19-52(20-23-53)21-24-54-36-79-40-61(72)76-69(79)83-41-54;1-3-5-4-2;2*1-2/h12,14-17,19-20,22-23,25-26,34,39-40,42,44,46-47,54-55,74H,9-10,13,18,21,24,27-33,35-38,41,71-73H2,1-8,11H3;3-5H2,1-2H3;2*1-2H3/b14-12+,16-15+,43-17-,56-39-;;;/t42?,44-,46?,47-,54?,55?,70+;;;/m1.../s1. The summed E-state index contributed by atoms with van der Waals surface area (Å²) in [5.41, 5.74) is 23.1. The Morgan fingerprint density at radius 1 is 0.925 bits per heavy atom. The van der Waals surface area contributed by atoms with Gasteiger partial charge in [-0.25, -0.2) is 10.8 Å². The molecule has 1 aromatic heterocycles. The lowest BCUT2D eigenvalue weighted by Crippen LogP contribution is -2.47. The maximum absolute atomic E-state index is 15.3. The molecular formula is C79H114N10O4. The van der Waals surface area contributed by atoms with Gasteiger partial charge in [0, 0.05) is 103 Å². The number of ether oxygens (including phenoxy) is 2. The number of Topliss-reactive ketones (excluding diaryl/α,β-unsaturated/α-hetero) is 2. The highest BCUT2D eigenvalue weighted by Crippen LogP contribution is 2.47. The Hall–Kier alpha value is -7.42. The van der Waals surface area contributed by atoms with Crippen LogP contribution in [0.4, 0.5) is 22.9 Å². The van der Waals surface area contributed by atoms with E-state index in [-0.39, 0.29) is 11.6 Å². The van der Waals surface area contributed by atoms with Crippen molar-refractivity contribution < 1.29 is 19.1 Å². The molecule has 0 saturated carbocycles. The van der Waals surface area contributed by atoms with Crippen LogP contribution in [0.2, 0.25) is 0 Å². The molecule has 0 spiro atoms. The van der Waals surface area contributed by atoms with Crippen molar-refractivity contribution in [1.82, 2.24) is 19.5 Å². The van der Waals surface area contributed by atoms with E-state index in [9.17, 15) is 4.79 Å². The third kappa shape index (κ3) is 17.9. The van der Waals surface area contributed by atoms with Gasteiger partial charge < -0.3 is 41.0 Å². The van der Waals surface area contributed by atoms with Crippen LogP contribution in [-0.4, -0.2) is 70.4 Å². The fourth-order valence-electron chi connectivity index (χ4n) is 14.1. The topological polar surface area (TPSA) is 183 Å². The smallest absolute Gasteiger partial charge is 0.298 e. The number of fused-ring (bicyclic) bond motifs is 3. The second kappa shape index (κ2) is 33.6. The minimum atomic E-state index is -0.649. The SMILES string of the molecule is C=C1Nc2c3c(c4c5c(c(C)c(C)c4c2=C)C[C@](C)(C/C=C/CCC(CC(C)=O)[C@H](C)C(C)[C@H](C)CC(C)/C=C/C=C\1C)C5=O)=Nc1ccc(N2CCN(C/C(N)=C/N(N)Cc4ccc(CCC5COc6nc(N)cn6C5)cc4)CC2)cc1O3.CC.CC.CCCCC. The Labute approximate surface area is 558 Å². The minimum absolute atomic E-state index is 0.122. The summed E-state index contributed by atoms with van der Waals surface area (Å²) in [6.45, 7) is 47.2. The Bertz CT molecular complexity index is 3640. The summed E-state index contributed by atoms with van der Waals surface area (Å²) in [6.07, 6.45) is 25.4.